The second-order valence-electron chi connectivity index (χ2n) is 10.4. The van der Waals surface area contributed by atoms with E-state index < -0.39 is 29.0 Å². The SMILES string of the molecule is CCC(c1cccc(C(c2ccccc2)(c2ccccc2)c2ccccc2)c1N)C(C(=O)O)C(=O)c1ccccc1O. The van der Waals surface area contributed by atoms with Crippen molar-refractivity contribution in [2.24, 2.45) is 5.92 Å². The van der Waals surface area contributed by atoms with Gasteiger partial charge in [0.2, 0.25) is 0 Å². The van der Waals surface area contributed by atoms with E-state index in [4.69, 9.17) is 5.73 Å². The second-order valence-corrected chi connectivity index (χ2v) is 10.4. The summed E-state index contributed by atoms with van der Waals surface area (Å²) < 4.78 is 0. The first-order valence-electron chi connectivity index (χ1n) is 14.0. The van der Waals surface area contributed by atoms with E-state index in [2.05, 4.69) is 36.4 Å². The zero-order valence-corrected chi connectivity index (χ0v) is 23.4. The topological polar surface area (TPSA) is 101 Å². The summed E-state index contributed by atoms with van der Waals surface area (Å²) in [6.45, 7) is 1.85. The lowest BCUT2D eigenvalue weighted by Crippen LogP contribution is -2.34. The summed E-state index contributed by atoms with van der Waals surface area (Å²) in [5.74, 6) is -4.35. The number of ketones is 1. The van der Waals surface area contributed by atoms with Crippen molar-refractivity contribution in [3.05, 3.63) is 167 Å². The van der Waals surface area contributed by atoms with Gasteiger partial charge in [-0.05, 0) is 46.4 Å². The largest absolute Gasteiger partial charge is 0.507 e. The quantitative estimate of drug-likeness (QED) is 0.0720. The average Bonchev–Trinajstić information content (AvgIpc) is 3.02. The van der Waals surface area contributed by atoms with Gasteiger partial charge in [-0.15, -0.1) is 0 Å². The Kier molecular flexibility index (Phi) is 8.21. The first kappa shape index (κ1) is 28.4. The molecule has 5 aromatic rings. The van der Waals surface area contributed by atoms with Crippen molar-refractivity contribution < 1.29 is 19.8 Å². The molecule has 0 spiro atoms. The van der Waals surface area contributed by atoms with E-state index in [0.717, 1.165) is 22.3 Å². The number of Topliss-reactive ketones (excluding diaryl/α,β-unsaturated/α-hetero) is 1. The van der Waals surface area contributed by atoms with Crippen LogP contribution in [0.5, 0.6) is 5.75 Å². The molecule has 5 heteroatoms. The molecule has 0 saturated carbocycles. The molecular weight excluding hydrogens is 522 g/mol. The van der Waals surface area contributed by atoms with Crippen LogP contribution in [-0.2, 0) is 10.2 Å². The molecule has 2 atom stereocenters. The van der Waals surface area contributed by atoms with Gasteiger partial charge in [0.1, 0.15) is 11.7 Å². The summed E-state index contributed by atoms with van der Waals surface area (Å²) in [6, 6.07) is 42.1. The molecule has 5 nitrogen and oxygen atoms in total. The van der Waals surface area contributed by atoms with Gasteiger partial charge in [-0.1, -0.05) is 128 Å². The molecule has 42 heavy (non-hydrogen) atoms. The minimum absolute atomic E-state index is 0.0229. The molecule has 210 valence electrons. The molecule has 0 aliphatic carbocycles. The van der Waals surface area contributed by atoms with Crippen molar-refractivity contribution in [1.29, 1.82) is 0 Å². The van der Waals surface area contributed by atoms with E-state index in [1.807, 2.05) is 79.7 Å². The maximum absolute atomic E-state index is 13.7. The number of benzene rings is 5. The van der Waals surface area contributed by atoms with E-state index in [0.29, 0.717) is 17.7 Å². The van der Waals surface area contributed by atoms with Gasteiger partial charge in [-0.2, -0.15) is 0 Å². The highest BCUT2D eigenvalue weighted by molar-refractivity contribution is 6.10. The fraction of sp³-hybridized carbons (Fsp3) is 0.135. The number of hydrogen-bond acceptors (Lipinski definition) is 4. The third kappa shape index (κ3) is 4.94. The van der Waals surface area contributed by atoms with Gasteiger partial charge >= 0.3 is 5.97 Å². The Hall–Kier alpha value is -5.16. The number of rotatable bonds is 10. The van der Waals surface area contributed by atoms with Crippen LogP contribution in [0.15, 0.2) is 133 Å². The van der Waals surface area contributed by atoms with Crippen LogP contribution in [0.25, 0.3) is 0 Å². The molecule has 0 aliphatic rings. The number of aliphatic carboxylic acids is 1. The fourth-order valence-corrected chi connectivity index (χ4v) is 6.22. The van der Waals surface area contributed by atoms with E-state index >= 15 is 0 Å². The summed E-state index contributed by atoms with van der Waals surface area (Å²) >= 11 is 0. The molecule has 0 aromatic heterocycles. The van der Waals surface area contributed by atoms with E-state index in [-0.39, 0.29) is 11.3 Å². The van der Waals surface area contributed by atoms with Crippen molar-refractivity contribution >= 4 is 17.4 Å². The highest BCUT2D eigenvalue weighted by atomic mass is 16.4. The van der Waals surface area contributed by atoms with Crippen LogP contribution in [0.4, 0.5) is 5.69 Å². The van der Waals surface area contributed by atoms with Gasteiger partial charge in [-0.3, -0.25) is 9.59 Å². The van der Waals surface area contributed by atoms with Crippen LogP contribution in [-0.4, -0.2) is 22.0 Å². The Morgan fingerprint density at radius 3 is 1.62 bits per heavy atom. The molecule has 0 bridgehead atoms. The molecule has 0 fully saturated rings. The lowest BCUT2D eigenvalue weighted by Gasteiger charge is -2.38. The Morgan fingerprint density at radius 2 is 1.17 bits per heavy atom. The van der Waals surface area contributed by atoms with Gasteiger partial charge in [0.25, 0.3) is 0 Å². The Balaban J connectivity index is 1.78. The molecule has 0 heterocycles. The first-order chi connectivity index (χ1) is 20.4. The molecule has 4 N–H and O–H groups in total. The van der Waals surface area contributed by atoms with E-state index in [9.17, 15) is 19.8 Å². The number of carboxylic acids is 1. The highest BCUT2D eigenvalue weighted by Gasteiger charge is 2.42. The molecule has 5 aromatic carbocycles. The molecule has 5 rings (SSSR count). The van der Waals surface area contributed by atoms with Crippen LogP contribution in [0.3, 0.4) is 0 Å². The van der Waals surface area contributed by atoms with Crippen molar-refractivity contribution in [2.75, 3.05) is 5.73 Å². The van der Waals surface area contributed by atoms with Crippen molar-refractivity contribution in [1.82, 2.24) is 0 Å². The second kappa shape index (κ2) is 12.1. The Morgan fingerprint density at radius 1 is 0.690 bits per heavy atom. The lowest BCUT2D eigenvalue weighted by atomic mass is 9.64. The summed E-state index contributed by atoms with van der Waals surface area (Å²) in [6.07, 6.45) is 0.346. The van der Waals surface area contributed by atoms with Crippen LogP contribution in [0.1, 0.15) is 57.4 Å². The zero-order valence-electron chi connectivity index (χ0n) is 23.4. The van der Waals surface area contributed by atoms with Gasteiger partial charge in [0.15, 0.2) is 5.78 Å². The van der Waals surface area contributed by atoms with Gasteiger partial charge in [0, 0.05) is 11.6 Å². The number of phenols is 1. The monoisotopic (exact) mass is 555 g/mol. The summed E-state index contributed by atoms with van der Waals surface area (Å²) in [7, 11) is 0. The predicted molar refractivity (Wildman–Crippen MR) is 166 cm³/mol. The standard InChI is InChI=1S/C37H33NO4/c1-2-28(33(36(41)42)35(40)30-21-12-13-24-32(30)39)29-22-14-23-31(34(29)38)37(25-15-6-3-7-16-25,26-17-8-4-9-18-26)27-19-10-5-11-20-27/h3-24,28,33,39H,2,38H2,1H3,(H,41,42). The number of nitrogens with two attached hydrogens (primary N) is 1. The average molecular weight is 556 g/mol. The summed E-state index contributed by atoms with van der Waals surface area (Å²) in [4.78, 5) is 26.4. The number of hydrogen-bond donors (Lipinski definition) is 3. The number of nitrogen functional groups attached to an aromatic ring is 1. The predicted octanol–water partition coefficient (Wildman–Crippen LogP) is 7.43. The summed E-state index contributed by atoms with van der Waals surface area (Å²) in [5.41, 5.74) is 11.1. The molecule has 0 radical (unpaired) electrons. The summed E-state index contributed by atoms with van der Waals surface area (Å²) in [5, 5.41) is 20.8. The minimum Gasteiger partial charge on any atom is -0.507 e. The van der Waals surface area contributed by atoms with E-state index in [1.54, 1.807) is 12.1 Å². The first-order valence-corrected chi connectivity index (χ1v) is 14.0. The number of anilines is 1. The molecule has 0 saturated heterocycles. The number of aromatic hydroxyl groups is 1. The van der Waals surface area contributed by atoms with Crippen LogP contribution in [0, 0.1) is 5.92 Å². The van der Waals surface area contributed by atoms with Gasteiger partial charge < -0.3 is 15.9 Å². The number of carboxylic acid groups (broad SMARTS) is 1. The van der Waals surface area contributed by atoms with Gasteiger partial charge in [0.05, 0.1) is 11.0 Å². The van der Waals surface area contributed by atoms with Crippen LogP contribution in [0.2, 0.25) is 0 Å². The van der Waals surface area contributed by atoms with Crippen LogP contribution < -0.4 is 5.73 Å². The van der Waals surface area contributed by atoms with Crippen molar-refractivity contribution in [3.63, 3.8) is 0 Å². The smallest absolute Gasteiger partial charge is 0.315 e. The van der Waals surface area contributed by atoms with E-state index in [1.165, 1.54) is 12.1 Å². The molecule has 2 unspecified atom stereocenters. The van der Waals surface area contributed by atoms with Crippen molar-refractivity contribution in [2.45, 2.75) is 24.7 Å². The number of para-hydroxylation sites is 2. The zero-order chi connectivity index (χ0) is 29.7. The van der Waals surface area contributed by atoms with Gasteiger partial charge in [-0.25, -0.2) is 0 Å². The third-order valence-electron chi connectivity index (χ3n) is 8.12. The molecule has 0 amide bonds. The Bertz CT molecular complexity index is 1590. The lowest BCUT2D eigenvalue weighted by molar-refractivity contribution is -0.140. The minimum atomic E-state index is -1.44. The maximum atomic E-state index is 13.7. The maximum Gasteiger partial charge on any atom is 0.315 e. The number of carbonyl (C=O) groups excluding carboxylic acids is 1. The molecule has 0 aliphatic heterocycles. The third-order valence-corrected chi connectivity index (χ3v) is 8.12. The highest BCUT2D eigenvalue weighted by Crippen LogP contribution is 2.49. The van der Waals surface area contributed by atoms with Crippen molar-refractivity contribution in [3.8, 4) is 5.75 Å². The number of carbonyl (C=O) groups is 2. The Labute approximate surface area is 245 Å². The number of phenolic OH excluding ortho intramolecular Hbond substituents is 1. The van der Waals surface area contributed by atoms with Crippen LogP contribution >= 0.6 is 0 Å². The fourth-order valence-electron chi connectivity index (χ4n) is 6.22. The normalized spacial score (nSPS) is 12.8. The molecular formula is C37H33NO4.